The maximum absolute atomic E-state index is 13.4. The number of carbonyl (C=O) groups excluding carboxylic acids is 3. The second-order valence-corrected chi connectivity index (χ2v) is 24.1. The molecule has 3 amide bonds. The van der Waals surface area contributed by atoms with Crippen LogP contribution < -0.4 is 21.9 Å². The van der Waals surface area contributed by atoms with Crippen LogP contribution >= 0.6 is 0 Å². The summed E-state index contributed by atoms with van der Waals surface area (Å²) in [6.45, 7) is 0. The predicted octanol–water partition coefficient (Wildman–Crippen LogP) is 13.4. The number of aliphatic carboxylic acids is 1. The highest BCUT2D eigenvalue weighted by molar-refractivity contribution is 6.18. The molecule has 4 aromatic heterocycles. The summed E-state index contributed by atoms with van der Waals surface area (Å²) < 4.78 is 4.32. The van der Waals surface area contributed by atoms with Gasteiger partial charge in [-0.15, -0.1) is 0 Å². The molecular weight excluding hydrogens is 1180 g/mol. The van der Waals surface area contributed by atoms with Gasteiger partial charge >= 0.3 is 5.97 Å². The molecule has 0 radical (unpaired) electrons. The Kier molecular flexibility index (Phi) is 15.2. The lowest BCUT2D eigenvalue weighted by Crippen LogP contribution is -2.36. The first-order chi connectivity index (χ1) is 46.6. The van der Waals surface area contributed by atoms with Gasteiger partial charge in [0.1, 0.15) is 11.1 Å². The lowest BCUT2D eigenvalue weighted by atomic mass is 9.77. The molecule has 4 atom stereocenters. The number of amides is 3. The van der Waals surface area contributed by atoms with Gasteiger partial charge in [-0.1, -0.05) is 212 Å². The summed E-state index contributed by atoms with van der Waals surface area (Å²) in [5.41, 5.74) is 25.5. The van der Waals surface area contributed by atoms with Crippen LogP contribution in [0.1, 0.15) is 101 Å². The van der Waals surface area contributed by atoms with Crippen LogP contribution in [-0.4, -0.2) is 70.3 Å². The summed E-state index contributed by atoms with van der Waals surface area (Å²) in [4.78, 5) is 65.6. The van der Waals surface area contributed by atoms with Gasteiger partial charge in [0.05, 0.1) is 59.2 Å². The fourth-order valence-corrected chi connectivity index (χ4v) is 13.8. The number of nitrogen functional groups attached to an aromatic ring is 1. The van der Waals surface area contributed by atoms with Crippen molar-refractivity contribution in [3.05, 3.63) is 335 Å². The van der Waals surface area contributed by atoms with E-state index in [2.05, 4.69) is 202 Å². The van der Waals surface area contributed by atoms with Crippen LogP contribution in [-0.2, 0) is 20.7 Å². The number of nitrogens with one attached hydrogen (secondary N) is 5. The number of carboxylic acids is 1. The quantitative estimate of drug-likeness (QED) is 0.0407. The average molecular weight is 1250 g/mol. The van der Waals surface area contributed by atoms with Crippen molar-refractivity contribution >= 4 is 69.3 Å². The predicted molar refractivity (Wildman–Crippen MR) is 368 cm³/mol. The van der Waals surface area contributed by atoms with Gasteiger partial charge in [0, 0.05) is 80.7 Å². The Balaban J connectivity index is 0.000000126. The summed E-state index contributed by atoms with van der Waals surface area (Å²) in [6, 6.07) is 79.6. The molecule has 9 aromatic carbocycles. The van der Waals surface area contributed by atoms with Crippen molar-refractivity contribution in [2.45, 2.75) is 35.8 Å². The van der Waals surface area contributed by atoms with Crippen molar-refractivity contribution in [2.75, 3.05) is 11.1 Å². The summed E-state index contributed by atoms with van der Waals surface area (Å²) in [5, 5.41) is 22.0. The molecule has 2 aliphatic heterocycles. The van der Waals surface area contributed by atoms with Gasteiger partial charge in [-0.3, -0.25) is 19.2 Å². The highest BCUT2D eigenvalue weighted by Crippen LogP contribution is 2.51. The average Bonchev–Trinajstić information content (AvgIpc) is 1.66. The van der Waals surface area contributed by atoms with E-state index in [1.165, 1.54) is 0 Å². The summed E-state index contributed by atoms with van der Waals surface area (Å²) >= 11 is 0. The first-order valence-electron chi connectivity index (χ1n) is 31.4. The molecule has 464 valence electrons. The number of aromatic amines is 2. The Labute approximate surface area is 545 Å². The highest BCUT2D eigenvalue weighted by Gasteiger charge is 2.48. The number of nitrogens with zero attached hydrogens (tertiary/aromatic N) is 6. The zero-order valence-electron chi connectivity index (χ0n) is 51.1. The van der Waals surface area contributed by atoms with Crippen LogP contribution in [0.15, 0.2) is 278 Å². The highest BCUT2D eigenvalue weighted by atomic mass is 16.4. The summed E-state index contributed by atoms with van der Waals surface area (Å²) in [6.07, 6.45) is 14.3. The van der Waals surface area contributed by atoms with Crippen molar-refractivity contribution in [3.8, 4) is 11.3 Å². The van der Waals surface area contributed by atoms with Gasteiger partial charge in [-0.25, -0.2) is 20.8 Å². The van der Waals surface area contributed by atoms with Crippen LogP contribution in [0.2, 0.25) is 0 Å². The summed E-state index contributed by atoms with van der Waals surface area (Å²) in [5.74, 6) is -1.95. The molecule has 17 heteroatoms. The molecule has 2 aliphatic carbocycles. The fraction of sp³-hybridized carbons (Fsp3) is 0.103. The molecule has 2 saturated carbocycles. The molecule has 6 heterocycles. The Bertz CT molecular complexity index is 4880. The SMILES string of the molecule is Nc1cc2c3c(c(-c4ccccc4)[nH]c3c1)C=NNC2=O.O=C(O)C1CC1c1cn(C(c2ccccc2)(c2ccccc2)c2ccccc2)cn1.O=C1NN=Cc2c[nH]c3cc(NC(=O)C4CC4c4cn(C(c5ccccc5)(c5ccccc5)c5ccccc5)cn4)cc1c23. The number of carboxylic acid groups (broad SMARTS) is 1. The lowest BCUT2D eigenvalue weighted by Gasteiger charge is -2.37. The van der Waals surface area contributed by atoms with Crippen LogP contribution in [0, 0.1) is 11.8 Å². The van der Waals surface area contributed by atoms with Crippen molar-refractivity contribution < 1.29 is 24.3 Å². The first kappa shape index (κ1) is 58.8. The minimum absolute atomic E-state index is 0.00431. The van der Waals surface area contributed by atoms with E-state index in [9.17, 15) is 24.3 Å². The Hall–Kier alpha value is -12.5. The molecule has 4 unspecified atom stereocenters. The van der Waals surface area contributed by atoms with Crippen LogP contribution in [0.25, 0.3) is 33.1 Å². The van der Waals surface area contributed by atoms with Gasteiger partial charge in [0.25, 0.3) is 11.8 Å². The van der Waals surface area contributed by atoms with Gasteiger partial charge in [0.2, 0.25) is 5.91 Å². The number of benzene rings is 9. The number of imidazole rings is 2. The maximum Gasteiger partial charge on any atom is 0.307 e. The zero-order valence-corrected chi connectivity index (χ0v) is 51.1. The van der Waals surface area contributed by atoms with E-state index in [4.69, 9.17) is 10.7 Å². The second-order valence-electron chi connectivity index (χ2n) is 24.1. The topological polar surface area (TPSA) is 243 Å². The molecule has 95 heavy (non-hydrogen) atoms. The molecule has 0 saturated heterocycles. The number of aromatic nitrogens is 6. The van der Waals surface area contributed by atoms with E-state index < -0.39 is 17.0 Å². The number of hydrazone groups is 2. The smallest absolute Gasteiger partial charge is 0.307 e. The third-order valence-corrected chi connectivity index (χ3v) is 18.4. The number of hydrogen-bond donors (Lipinski definition) is 7. The third-order valence-electron chi connectivity index (χ3n) is 18.4. The maximum atomic E-state index is 13.4. The van der Waals surface area contributed by atoms with E-state index in [0.717, 1.165) is 89.0 Å². The monoisotopic (exact) mass is 1250 g/mol. The molecule has 8 N–H and O–H groups in total. The minimum atomic E-state index is -0.741. The first-order valence-corrected chi connectivity index (χ1v) is 31.4. The van der Waals surface area contributed by atoms with Crippen molar-refractivity contribution in [1.29, 1.82) is 0 Å². The van der Waals surface area contributed by atoms with E-state index in [1.54, 1.807) is 30.8 Å². The second kappa shape index (κ2) is 24.6. The van der Waals surface area contributed by atoms with Crippen LogP contribution in [0.3, 0.4) is 0 Å². The van der Waals surface area contributed by atoms with Crippen LogP contribution in [0.4, 0.5) is 11.4 Å². The van der Waals surface area contributed by atoms with Crippen molar-refractivity contribution in [3.63, 3.8) is 0 Å². The van der Waals surface area contributed by atoms with E-state index in [1.807, 2.05) is 97.7 Å². The molecule has 17 nitrogen and oxygen atoms in total. The number of nitrogens with two attached hydrogens (primary N) is 1. The van der Waals surface area contributed by atoms with Crippen LogP contribution in [0.5, 0.6) is 0 Å². The fourth-order valence-electron chi connectivity index (χ4n) is 13.8. The molecular formula is C78H62N12O5. The Morgan fingerprint density at radius 3 is 1.41 bits per heavy atom. The molecule has 0 bridgehead atoms. The van der Waals surface area contributed by atoms with E-state index >= 15 is 0 Å². The number of H-pyrrole nitrogens is 2. The van der Waals surface area contributed by atoms with E-state index in [0.29, 0.717) is 35.3 Å². The Morgan fingerprint density at radius 1 is 0.516 bits per heavy atom. The van der Waals surface area contributed by atoms with Crippen molar-refractivity contribution in [2.24, 2.45) is 22.0 Å². The molecule has 13 aromatic rings. The van der Waals surface area contributed by atoms with Gasteiger partial charge in [-0.05, 0) is 76.1 Å². The number of carbonyl (C=O) groups is 4. The molecule has 17 rings (SSSR count). The summed E-state index contributed by atoms with van der Waals surface area (Å²) in [7, 11) is 0. The Morgan fingerprint density at radius 2 is 0.947 bits per heavy atom. The number of anilines is 2. The van der Waals surface area contributed by atoms with Gasteiger partial charge < -0.3 is 35.3 Å². The number of hydrogen-bond acceptors (Lipinski definition) is 9. The number of rotatable bonds is 14. The zero-order chi connectivity index (χ0) is 64.6. The largest absolute Gasteiger partial charge is 0.481 e. The lowest BCUT2D eigenvalue weighted by molar-refractivity contribution is -0.138. The molecule has 0 spiro atoms. The normalized spacial score (nSPS) is 16.6. The standard InChI is InChI=1S/C36H28N6O2.C26H22N2O2.C16H12N4O/c43-34(40-27-16-30-33-23(19-37-31(33)17-27)20-39-41-35(30)44)29-18-28(29)32-21-42(22-38-32)36(24-10-4-1-5-11-24,25-12-6-2-7-13-25)26-14-8-3-9-15-26;29-25(30)23-16-22(23)24-17-28(18-27-24)26(19-10-4-1-5-11-19,20-12-6-2-7-13-20)21-14-8-3-9-15-21;17-10-6-11-14-12(8-18-20-16(11)21)15(19-13(14)7-10)9-4-2-1-3-5-9/h1-17,19-22,28-29,37H,18H2,(H,40,43)(H,41,44);1-15,17-18,22-23H,16H2,(H,29,30);1-8,19H,17H2,(H,20,21). The minimum Gasteiger partial charge on any atom is -0.481 e. The van der Waals surface area contributed by atoms with Gasteiger partial charge in [-0.2, -0.15) is 10.2 Å². The van der Waals surface area contributed by atoms with Gasteiger partial charge in [0.15, 0.2) is 0 Å². The molecule has 2 fully saturated rings. The van der Waals surface area contributed by atoms with Crippen molar-refractivity contribution in [1.82, 2.24) is 39.9 Å². The third kappa shape index (κ3) is 10.8. The molecule has 4 aliphatic rings. The van der Waals surface area contributed by atoms with E-state index in [-0.39, 0.29) is 41.4 Å².